The maximum Gasteiger partial charge on any atom is 0.174 e. The fraction of sp³-hybridized carbons (Fsp3) is 0.154. The standard InChI is InChI=1S/C26H23BrN4S/c1-17-8-3-4-10-22(17)30-15-7-11-23(30)25-24(21-9-5-6-14-28-21)29-26(32)31(25)19-12-13-20(27)18(2)16-19/h3-16,24-25H,1-2H3,(H,29,32)/t24-,25+/m0/s1. The molecule has 1 N–H and O–H groups in total. The number of anilines is 1. The van der Waals surface area contributed by atoms with Crippen LogP contribution in [0.2, 0.25) is 0 Å². The molecule has 0 spiro atoms. The van der Waals surface area contributed by atoms with Crippen LogP contribution in [-0.4, -0.2) is 14.7 Å². The Balaban J connectivity index is 1.69. The van der Waals surface area contributed by atoms with Crippen LogP contribution in [0.5, 0.6) is 0 Å². The Labute approximate surface area is 202 Å². The van der Waals surface area contributed by atoms with E-state index in [9.17, 15) is 0 Å². The van der Waals surface area contributed by atoms with E-state index < -0.39 is 0 Å². The van der Waals surface area contributed by atoms with Gasteiger partial charge in [-0.05, 0) is 85.7 Å². The van der Waals surface area contributed by atoms with E-state index in [4.69, 9.17) is 12.2 Å². The molecular formula is C26H23BrN4S. The number of para-hydroxylation sites is 1. The highest BCUT2D eigenvalue weighted by atomic mass is 79.9. The van der Waals surface area contributed by atoms with Crippen molar-refractivity contribution in [3.63, 3.8) is 0 Å². The summed E-state index contributed by atoms with van der Waals surface area (Å²) in [6.07, 6.45) is 3.96. The van der Waals surface area contributed by atoms with Crippen LogP contribution < -0.4 is 10.2 Å². The first kappa shape index (κ1) is 20.9. The first-order chi connectivity index (χ1) is 15.5. The molecule has 1 aliphatic rings. The smallest absolute Gasteiger partial charge is 0.174 e. The SMILES string of the molecule is Cc1cc(N2C(=S)N[C@@H](c3ccccn3)[C@H]2c2cccn2-c2ccccc2C)ccc1Br. The second kappa shape index (κ2) is 8.52. The summed E-state index contributed by atoms with van der Waals surface area (Å²) in [5.74, 6) is 0. The second-order valence-corrected chi connectivity index (χ2v) is 9.26. The van der Waals surface area contributed by atoms with E-state index in [1.54, 1.807) is 0 Å². The van der Waals surface area contributed by atoms with Gasteiger partial charge in [0.05, 0.1) is 11.7 Å². The zero-order valence-corrected chi connectivity index (χ0v) is 20.3. The average Bonchev–Trinajstić information content (AvgIpc) is 3.41. The lowest BCUT2D eigenvalue weighted by Gasteiger charge is -2.29. The summed E-state index contributed by atoms with van der Waals surface area (Å²) in [6, 6.07) is 25.0. The number of rotatable bonds is 4. The predicted octanol–water partition coefficient (Wildman–Crippen LogP) is 6.43. The van der Waals surface area contributed by atoms with Gasteiger partial charge in [0, 0.05) is 33.9 Å². The van der Waals surface area contributed by atoms with Crippen molar-refractivity contribution in [2.24, 2.45) is 0 Å². The van der Waals surface area contributed by atoms with E-state index in [0.29, 0.717) is 5.11 Å². The number of halogens is 1. The molecule has 1 fully saturated rings. The van der Waals surface area contributed by atoms with Gasteiger partial charge >= 0.3 is 0 Å². The quantitative estimate of drug-likeness (QED) is 0.326. The molecule has 4 nitrogen and oxygen atoms in total. The minimum Gasteiger partial charge on any atom is -0.351 e. The van der Waals surface area contributed by atoms with E-state index in [2.05, 4.69) is 116 Å². The topological polar surface area (TPSA) is 33.1 Å². The molecule has 3 heterocycles. The highest BCUT2D eigenvalue weighted by Gasteiger charge is 2.42. The summed E-state index contributed by atoms with van der Waals surface area (Å²) in [4.78, 5) is 6.89. The van der Waals surface area contributed by atoms with E-state index in [0.717, 1.165) is 27.2 Å². The summed E-state index contributed by atoms with van der Waals surface area (Å²) in [6.45, 7) is 4.24. The summed E-state index contributed by atoms with van der Waals surface area (Å²) >= 11 is 9.50. The summed E-state index contributed by atoms with van der Waals surface area (Å²) in [7, 11) is 0. The molecule has 6 heteroatoms. The molecule has 160 valence electrons. The predicted molar refractivity (Wildman–Crippen MR) is 137 cm³/mol. The minimum absolute atomic E-state index is 0.0624. The Morgan fingerprint density at radius 3 is 2.50 bits per heavy atom. The summed E-state index contributed by atoms with van der Waals surface area (Å²) in [5.41, 5.74) is 6.73. The first-order valence-electron chi connectivity index (χ1n) is 10.5. The Morgan fingerprint density at radius 2 is 1.75 bits per heavy atom. The molecular weight excluding hydrogens is 480 g/mol. The van der Waals surface area contributed by atoms with Crippen LogP contribution in [0.15, 0.2) is 89.7 Å². The van der Waals surface area contributed by atoms with Gasteiger partial charge in [0.25, 0.3) is 0 Å². The zero-order valence-electron chi connectivity index (χ0n) is 17.9. The molecule has 32 heavy (non-hydrogen) atoms. The van der Waals surface area contributed by atoms with Gasteiger partial charge in [0.2, 0.25) is 0 Å². The number of nitrogens with zero attached hydrogens (tertiary/aromatic N) is 3. The average molecular weight is 503 g/mol. The van der Waals surface area contributed by atoms with Crippen molar-refractivity contribution in [1.82, 2.24) is 14.9 Å². The highest BCUT2D eigenvalue weighted by molar-refractivity contribution is 9.10. The third kappa shape index (κ3) is 3.63. The fourth-order valence-electron chi connectivity index (χ4n) is 4.40. The number of pyridine rings is 1. The van der Waals surface area contributed by atoms with E-state index in [-0.39, 0.29) is 12.1 Å². The molecule has 0 bridgehead atoms. The number of hydrogen-bond donors (Lipinski definition) is 1. The van der Waals surface area contributed by atoms with Crippen LogP contribution in [0.1, 0.15) is 34.6 Å². The Morgan fingerprint density at radius 1 is 0.938 bits per heavy atom. The van der Waals surface area contributed by atoms with E-state index in [1.807, 2.05) is 18.3 Å². The molecule has 0 radical (unpaired) electrons. The van der Waals surface area contributed by atoms with Crippen molar-refractivity contribution in [2.45, 2.75) is 25.9 Å². The highest BCUT2D eigenvalue weighted by Crippen LogP contribution is 2.43. The van der Waals surface area contributed by atoms with Crippen molar-refractivity contribution < 1.29 is 0 Å². The number of aromatic nitrogens is 2. The molecule has 2 aromatic heterocycles. The number of thiocarbonyl (C=S) groups is 1. The number of hydrogen-bond acceptors (Lipinski definition) is 2. The maximum absolute atomic E-state index is 5.88. The Bertz CT molecular complexity index is 1280. The van der Waals surface area contributed by atoms with Gasteiger partial charge in [-0.15, -0.1) is 0 Å². The molecule has 0 amide bonds. The molecule has 5 rings (SSSR count). The summed E-state index contributed by atoms with van der Waals surface area (Å²) in [5, 5.41) is 4.25. The molecule has 0 saturated carbocycles. The normalized spacial score (nSPS) is 18.1. The molecule has 1 saturated heterocycles. The van der Waals surface area contributed by atoms with E-state index in [1.165, 1.54) is 11.1 Å². The van der Waals surface area contributed by atoms with Gasteiger partial charge in [-0.2, -0.15) is 0 Å². The van der Waals surface area contributed by atoms with Crippen molar-refractivity contribution in [1.29, 1.82) is 0 Å². The lowest BCUT2D eigenvalue weighted by atomic mass is 10.00. The largest absolute Gasteiger partial charge is 0.351 e. The van der Waals surface area contributed by atoms with Crippen molar-refractivity contribution in [3.8, 4) is 5.69 Å². The van der Waals surface area contributed by atoms with Crippen LogP contribution in [0.25, 0.3) is 5.69 Å². The third-order valence-corrected chi connectivity index (χ3v) is 7.18. The molecule has 4 aromatic rings. The maximum atomic E-state index is 5.88. The number of aryl methyl sites for hydroxylation is 2. The third-order valence-electron chi connectivity index (χ3n) is 5.98. The fourth-order valence-corrected chi connectivity index (χ4v) is 4.99. The number of nitrogens with one attached hydrogen (secondary N) is 1. The lowest BCUT2D eigenvalue weighted by Crippen LogP contribution is -2.30. The summed E-state index contributed by atoms with van der Waals surface area (Å²) < 4.78 is 3.35. The molecule has 2 aromatic carbocycles. The van der Waals surface area contributed by atoms with Gasteiger partial charge in [-0.3, -0.25) is 4.98 Å². The van der Waals surface area contributed by atoms with Crippen molar-refractivity contribution in [3.05, 3.63) is 112 Å². The van der Waals surface area contributed by atoms with Crippen LogP contribution in [0.3, 0.4) is 0 Å². The second-order valence-electron chi connectivity index (χ2n) is 8.02. The first-order valence-corrected chi connectivity index (χ1v) is 11.7. The minimum atomic E-state index is -0.0784. The molecule has 1 aliphatic heterocycles. The van der Waals surface area contributed by atoms with Gasteiger partial charge in [-0.25, -0.2) is 0 Å². The van der Waals surface area contributed by atoms with Crippen LogP contribution in [0, 0.1) is 13.8 Å². The molecule has 2 atom stereocenters. The van der Waals surface area contributed by atoms with Crippen molar-refractivity contribution in [2.75, 3.05) is 4.90 Å². The lowest BCUT2D eigenvalue weighted by molar-refractivity contribution is 0.549. The van der Waals surface area contributed by atoms with Crippen LogP contribution in [-0.2, 0) is 0 Å². The number of benzene rings is 2. The van der Waals surface area contributed by atoms with Gasteiger partial charge in [0.15, 0.2) is 5.11 Å². The monoisotopic (exact) mass is 502 g/mol. The zero-order chi connectivity index (χ0) is 22.2. The molecule has 0 unspecified atom stereocenters. The van der Waals surface area contributed by atoms with E-state index >= 15 is 0 Å². The Hall–Kier alpha value is -2.96. The molecule has 0 aliphatic carbocycles. The van der Waals surface area contributed by atoms with Crippen LogP contribution in [0.4, 0.5) is 5.69 Å². The van der Waals surface area contributed by atoms with Crippen LogP contribution >= 0.6 is 28.1 Å². The van der Waals surface area contributed by atoms with Gasteiger partial charge in [0.1, 0.15) is 6.04 Å². The Kier molecular flexibility index (Phi) is 5.57. The van der Waals surface area contributed by atoms with Gasteiger partial charge in [-0.1, -0.05) is 40.2 Å². The van der Waals surface area contributed by atoms with Gasteiger partial charge < -0.3 is 14.8 Å². The van der Waals surface area contributed by atoms with Crippen molar-refractivity contribution >= 4 is 38.9 Å².